The van der Waals surface area contributed by atoms with Gasteiger partial charge in [-0.25, -0.2) is 0 Å². The first-order chi connectivity index (χ1) is 12.1. The van der Waals surface area contributed by atoms with Crippen LogP contribution in [-0.2, 0) is 11.3 Å². The molecule has 2 aliphatic rings. The van der Waals surface area contributed by atoms with Crippen molar-refractivity contribution in [3.05, 3.63) is 35.9 Å². The van der Waals surface area contributed by atoms with E-state index in [2.05, 4.69) is 49.5 Å². The van der Waals surface area contributed by atoms with Gasteiger partial charge < -0.3 is 15.1 Å². The van der Waals surface area contributed by atoms with E-state index in [9.17, 15) is 4.79 Å². The largest absolute Gasteiger partial charge is 0.348 e. The highest BCUT2D eigenvalue weighted by atomic mass is 16.2. The number of nitrogens with one attached hydrogen (secondary N) is 3. The van der Waals surface area contributed by atoms with E-state index in [0.717, 1.165) is 45.1 Å². The maximum absolute atomic E-state index is 12.5. The van der Waals surface area contributed by atoms with Crippen molar-refractivity contribution in [2.45, 2.75) is 45.7 Å². The van der Waals surface area contributed by atoms with Gasteiger partial charge in [-0.2, -0.15) is 0 Å². The lowest BCUT2D eigenvalue weighted by Gasteiger charge is -2.35. The third-order valence-electron chi connectivity index (χ3n) is 6.42. The van der Waals surface area contributed by atoms with E-state index in [0.29, 0.717) is 18.5 Å². The van der Waals surface area contributed by atoms with E-state index in [1.54, 1.807) is 4.90 Å². The summed E-state index contributed by atoms with van der Waals surface area (Å²) >= 11 is 0. The maximum atomic E-state index is 12.5. The first-order valence-electron chi connectivity index (χ1n) is 10.1. The van der Waals surface area contributed by atoms with E-state index in [1.165, 1.54) is 23.3 Å². The lowest BCUT2D eigenvalue weighted by molar-refractivity contribution is -1.02. The van der Waals surface area contributed by atoms with Crippen LogP contribution in [0.25, 0.3) is 0 Å². The first-order valence-corrected chi connectivity index (χ1v) is 10.1. The summed E-state index contributed by atoms with van der Waals surface area (Å²) in [5, 5.41) is 3.33. The molecule has 1 saturated carbocycles. The molecule has 1 saturated heterocycles. The van der Waals surface area contributed by atoms with Gasteiger partial charge in [-0.05, 0) is 18.3 Å². The van der Waals surface area contributed by atoms with Gasteiger partial charge in [0.05, 0.1) is 0 Å². The Balaban J connectivity index is 1.39. The van der Waals surface area contributed by atoms with Gasteiger partial charge in [0, 0.05) is 11.6 Å². The van der Waals surface area contributed by atoms with Gasteiger partial charge in [0.15, 0.2) is 6.54 Å². The van der Waals surface area contributed by atoms with Gasteiger partial charge in [0.25, 0.3) is 5.91 Å². The summed E-state index contributed by atoms with van der Waals surface area (Å²) in [4.78, 5) is 15.6. The van der Waals surface area contributed by atoms with E-state index >= 15 is 0 Å². The minimum atomic E-state index is 0.257. The summed E-state index contributed by atoms with van der Waals surface area (Å²) in [7, 11) is 0. The first kappa shape index (κ1) is 18.4. The van der Waals surface area contributed by atoms with E-state index < -0.39 is 0 Å². The molecule has 0 spiro atoms. The van der Waals surface area contributed by atoms with Crippen LogP contribution in [0.15, 0.2) is 30.3 Å². The molecule has 1 aliphatic carbocycles. The topological polar surface area (TPSA) is 38.0 Å². The van der Waals surface area contributed by atoms with Crippen LogP contribution in [0, 0.1) is 11.8 Å². The SMILES string of the molecule is C[C@@H]1[C@@H](C)CCC[C@H]1NC(=O)C[NH+]1CC[NH+](Cc2ccccc2)CC1. The lowest BCUT2D eigenvalue weighted by atomic mass is 9.78. The van der Waals surface area contributed by atoms with Crippen LogP contribution in [-0.4, -0.2) is 44.7 Å². The van der Waals surface area contributed by atoms with Crippen LogP contribution in [0.3, 0.4) is 0 Å². The molecule has 3 rings (SSSR count). The number of rotatable bonds is 5. The van der Waals surface area contributed by atoms with Crippen molar-refractivity contribution in [2.24, 2.45) is 11.8 Å². The Morgan fingerprint density at radius 2 is 1.72 bits per heavy atom. The Bertz CT molecular complexity index is 539. The Morgan fingerprint density at radius 3 is 2.44 bits per heavy atom. The molecule has 0 radical (unpaired) electrons. The van der Waals surface area contributed by atoms with Gasteiger partial charge in [-0.1, -0.05) is 57.0 Å². The molecule has 3 N–H and O–H groups in total. The van der Waals surface area contributed by atoms with Crippen LogP contribution in [0.5, 0.6) is 0 Å². The zero-order chi connectivity index (χ0) is 17.6. The third-order valence-corrected chi connectivity index (χ3v) is 6.42. The molecule has 4 heteroatoms. The Hall–Kier alpha value is -1.39. The highest BCUT2D eigenvalue weighted by molar-refractivity contribution is 5.77. The van der Waals surface area contributed by atoms with Gasteiger partial charge in [-0.15, -0.1) is 0 Å². The number of carbonyl (C=O) groups is 1. The Labute approximate surface area is 152 Å². The highest BCUT2D eigenvalue weighted by Gasteiger charge is 2.30. The molecule has 4 nitrogen and oxygen atoms in total. The van der Waals surface area contributed by atoms with E-state index in [-0.39, 0.29) is 5.91 Å². The number of piperazine rings is 1. The van der Waals surface area contributed by atoms with Crippen molar-refractivity contribution < 1.29 is 14.6 Å². The second kappa shape index (κ2) is 8.81. The molecule has 1 aliphatic heterocycles. The molecular weight excluding hydrogens is 310 g/mol. The van der Waals surface area contributed by atoms with Gasteiger partial charge in [0.1, 0.15) is 32.7 Å². The minimum absolute atomic E-state index is 0.257. The molecular formula is C21H35N3O+2. The molecule has 3 atom stereocenters. The molecule has 1 heterocycles. The smallest absolute Gasteiger partial charge is 0.275 e. The second-order valence-electron chi connectivity index (χ2n) is 8.28. The van der Waals surface area contributed by atoms with Crippen LogP contribution >= 0.6 is 0 Å². The number of benzene rings is 1. The number of hydrogen-bond donors (Lipinski definition) is 3. The number of carbonyl (C=O) groups excluding carboxylic acids is 1. The van der Waals surface area contributed by atoms with E-state index in [4.69, 9.17) is 0 Å². The summed E-state index contributed by atoms with van der Waals surface area (Å²) in [6, 6.07) is 11.1. The second-order valence-corrected chi connectivity index (χ2v) is 8.28. The molecule has 1 aromatic carbocycles. The quantitative estimate of drug-likeness (QED) is 0.686. The zero-order valence-electron chi connectivity index (χ0n) is 15.9. The monoisotopic (exact) mass is 345 g/mol. The molecule has 25 heavy (non-hydrogen) atoms. The normalized spacial score (nSPS) is 33.0. The predicted octanol–water partition coefficient (Wildman–Crippen LogP) is -0.0891. The number of hydrogen-bond acceptors (Lipinski definition) is 1. The fraction of sp³-hybridized carbons (Fsp3) is 0.667. The van der Waals surface area contributed by atoms with Crippen LogP contribution in [0.2, 0.25) is 0 Å². The number of amides is 1. The molecule has 138 valence electrons. The van der Waals surface area contributed by atoms with Crippen LogP contribution in [0.4, 0.5) is 0 Å². The van der Waals surface area contributed by atoms with Crippen molar-refractivity contribution in [3.8, 4) is 0 Å². The van der Waals surface area contributed by atoms with Crippen molar-refractivity contribution in [2.75, 3.05) is 32.7 Å². The average Bonchev–Trinajstić information content (AvgIpc) is 2.62. The Morgan fingerprint density at radius 1 is 1.04 bits per heavy atom. The third kappa shape index (κ3) is 5.29. The lowest BCUT2D eigenvalue weighted by Crippen LogP contribution is -3.28. The van der Waals surface area contributed by atoms with Crippen LogP contribution < -0.4 is 15.1 Å². The van der Waals surface area contributed by atoms with Crippen LogP contribution in [0.1, 0.15) is 38.7 Å². The summed E-state index contributed by atoms with van der Waals surface area (Å²) in [5.41, 5.74) is 1.42. The molecule has 1 amide bonds. The average molecular weight is 346 g/mol. The standard InChI is InChI=1S/C21H33N3O/c1-17-7-6-10-20(18(17)2)22-21(25)16-24-13-11-23(12-14-24)15-19-8-4-3-5-9-19/h3-5,8-9,17-18,20H,6-7,10-16H2,1-2H3,(H,22,25)/p+2/t17-,18+,20+/m0/s1. The number of quaternary nitrogens is 2. The highest BCUT2D eigenvalue weighted by Crippen LogP contribution is 2.29. The van der Waals surface area contributed by atoms with Crippen molar-refractivity contribution >= 4 is 5.91 Å². The molecule has 1 aromatic rings. The minimum Gasteiger partial charge on any atom is -0.348 e. The Kier molecular flexibility index (Phi) is 6.49. The summed E-state index contributed by atoms with van der Waals surface area (Å²) in [5.74, 6) is 1.60. The van der Waals surface area contributed by atoms with E-state index in [1.807, 2.05) is 0 Å². The maximum Gasteiger partial charge on any atom is 0.275 e. The van der Waals surface area contributed by atoms with Gasteiger partial charge >= 0.3 is 0 Å². The van der Waals surface area contributed by atoms with Gasteiger partial charge in [-0.3, -0.25) is 4.79 Å². The fourth-order valence-corrected chi connectivity index (χ4v) is 4.47. The predicted molar refractivity (Wildman–Crippen MR) is 101 cm³/mol. The van der Waals surface area contributed by atoms with Crippen molar-refractivity contribution in [3.63, 3.8) is 0 Å². The molecule has 0 aromatic heterocycles. The van der Waals surface area contributed by atoms with Gasteiger partial charge in [0.2, 0.25) is 0 Å². The van der Waals surface area contributed by atoms with Crippen molar-refractivity contribution in [1.29, 1.82) is 0 Å². The molecule has 2 fully saturated rings. The molecule has 0 unspecified atom stereocenters. The summed E-state index contributed by atoms with van der Waals surface area (Å²) < 4.78 is 0. The zero-order valence-corrected chi connectivity index (χ0v) is 15.9. The summed E-state index contributed by atoms with van der Waals surface area (Å²) in [6.45, 7) is 10.9. The fourth-order valence-electron chi connectivity index (χ4n) is 4.47. The van der Waals surface area contributed by atoms with Crippen molar-refractivity contribution in [1.82, 2.24) is 5.32 Å². The molecule has 0 bridgehead atoms. The summed E-state index contributed by atoms with van der Waals surface area (Å²) in [6.07, 6.45) is 3.72.